The molecule has 0 aliphatic carbocycles. The molecule has 0 bridgehead atoms. The number of furan rings is 1. The van der Waals surface area contributed by atoms with Gasteiger partial charge in [-0.3, -0.25) is 10.1 Å². The molecule has 0 unspecified atom stereocenters. The maximum absolute atomic E-state index is 13.2. The second kappa shape index (κ2) is 10.5. The molecule has 0 atom stereocenters. The maximum Gasteiger partial charge on any atom is 0.293 e. The first kappa shape index (κ1) is 24.8. The SMILES string of the molecule is Cc1cc(OCc2ccc(C(=O)Nc3ncn(Cc4ccc(F)cc4Cl)n3)o2)c(C(C)C)cc1Cl. The van der Waals surface area contributed by atoms with Crippen LogP contribution in [0.25, 0.3) is 0 Å². The van der Waals surface area contributed by atoms with Gasteiger partial charge in [0, 0.05) is 10.0 Å². The summed E-state index contributed by atoms with van der Waals surface area (Å²) in [4.78, 5) is 16.6. The lowest BCUT2D eigenvalue weighted by atomic mass is 10.0. The van der Waals surface area contributed by atoms with Gasteiger partial charge < -0.3 is 9.15 Å². The molecule has 182 valence electrons. The summed E-state index contributed by atoms with van der Waals surface area (Å²) in [6.07, 6.45) is 1.44. The highest BCUT2D eigenvalue weighted by atomic mass is 35.5. The lowest BCUT2D eigenvalue weighted by Gasteiger charge is -2.15. The number of hydrogen-bond donors (Lipinski definition) is 1. The summed E-state index contributed by atoms with van der Waals surface area (Å²) in [5.41, 5.74) is 2.58. The Balaban J connectivity index is 1.37. The van der Waals surface area contributed by atoms with Gasteiger partial charge in [-0.15, -0.1) is 5.10 Å². The third-order valence-corrected chi connectivity index (χ3v) is 6.04. The van der Waals surface area contributed by atoms with E-state index in [-0.39, 0.29) is 35.8 Å². The first-order valence-corrected chi connectivity index (χ1v) is 11.6. The zero-order valence-electron chi connectivity index (χ0n) is 19.3. The van der Waals surface area contributed by atoms with E-state index in [1.165, 1.54) is 23.1 Å². The van der Waals surface area contributed by atoms with E-state index in [4.69, 9.17) is 32.4 Å². The number of rotatable bonds is 8. The number of hydrogen-bond acceptors (Lipinski definition) is 5. The van der Waals surface area contributed by atoms with Crippen molar-refractivity contribution in [2.45, 2.75) is 39.8 Å². The van der Waals surface area contributed by atoms with Gasteiger partial charge in [0.05, 0.1) is 6.54 Å². The quantitative estimate of drug-likeness (QED) is 0.284. The number of aryl methyl sites for hydroxylation is 1. The average molecular weight is 517 g/mol. The summed E-state index contributed by atoms with van der Waals surface area (Å²) in [7, 11) is 0. The summed E-state index contributed by atoms with van der Waals surface area (Å²) in [6.45, 7) is 6.46. The van der Waals surface area contributed by atoms with Crippen LogP contribution in [-0.2, 0) is 13.2 Å². The van der Waals surface area contributed by atoms with Gasteiger partial charge in [-0.25, -0.2) is 14.1 Å². The van der Waals surface area contributed by atoms with Gasteiger partial charge >= 0.3 is 0 Å². The van der Waals surface area contributed by atoms with E-state index in [0.29, 0.717) is 16.3 Å². The predicted molar refractivity (Wildman–Crippen MR) is 132 cm³/mol. The zero-order chi connectivity index (χ0) is 25.1. The molecule has 4 rings (SSSR count). The van der Waals surface area contributed by atoms with Crippen molar-refractivity contribution < 1.29 is 18.3 Å². The normalized spacial score (nSPS) is 11.2. The van der Waals surface area contributed by atoms with Crippen LogP contribution in [0.15, 0.2) is 53.2 Å². The third kappa shape index (κ3) is 6.01. The van der Waals surface area contributed by atoms with Crippen molar-refractivity contribution in [2.75, 3.05) is 5.32 Å². The summed E-state index contributed by atoms with van der Waals surface area (Å²) >= 11 is 12.3. The molecule has 4 aromatic rings. The van der Waals surface area contributed by atoms with Gasteiger partial charge in [-0.05, 0) is 65.9 Å². The van der Waals surface area contributed by atoms with Gasteiger partial charge in [0.25, 0.3) is 5.91 Å². The largest absolute Gasteiger partial charge is 0.485 e. The first-order valence-electron chi connectivity index (χ1n) is 10.9. The van der Waals surface area contributed by atoms with E-state index in [2.05, 4.69) is 29.2 Å². The molecular weight excluding hydrogens is 494 g/mol. The van der Waals surface area contributed by atoms with Gasteiger partial charge in [0.2, 0.25) is 5.95 Å². The minimum atomic E-state index is -0.501. The molecule has 2 heterocycles. The van der Waals surface area contributed by atoms with Crippen molar-refractivity contribution in [1.82, 2.24) is 14.8 Å². The van der Waals surface area contributed by atoms with E-state index in [9.17, 15) is 9.18 Å². The average Bonchev–Trinajstić information content (AvgIpc) is 3.45. The fourth-order valence-electron chi connectivity index (χ4n) is 3.39. The summed E-state index contributed by atoms with van der Waals surface area (Å²) in [6, 6.07) is 11.2. The zero-order valence-corrected chi connectivity index (χ0v) is 20.8. The fourth-order valence-corrected chi connectivity index (χ4v) is 3.79. The number of halogens is 3. The summed E-state index contributed by atoms with van der Waals surface area (Å²) in [5, 5.41) is 7.76. The van der Waals surface area contributed by atoms with Crippen LogP contribution in [0, 0.1) is 12.7 Å². The Morgan fingerprint density at radius 2 is 1.97 bits per heavy atom. The molecule has 1 amide bonds. The van der Waals surface area contributed by atoms with Gasteiger partial charge in [-0.2, -0.15) is 0 Å². The molecular formula is C25H23Cl2FN4O3. The highest BCUT2D eigenvalue weighted by molar-refractivity contribution is 6.31. The van der Waals surface area contributed by atoms with E-state index in [1.807, 2.05) is 19.1 Å². The van der Waals surface area contributed by atoms with E-state index < -0.39 is 11.7 Å². The van der Waals surface area contributed by atoms with E-state index >= 15 is 0 Å². The van der Waals surface area contributed by atoms with E-state index in [0.717, 1.165) is 16.9 Å². The second-order valence-corrected chi connectivity index (χ2v) is 9.12. The minimum absolute atomic E-state index is 0.0953. The highest BCUT2D eigenvalue weighted by Gasteiger charge is 2.16. The van der Waals surface area contributed by atoms with Crippen molar-refractivity contribution in [3.63, 3.8) is 0 Å². The number of aromatic nitrogens is 3. The molecule has 35 heavy (non-hydrogen) atoms. The Kier molecular flexibility index (Phi) is 7.42. The maximum atomic E-state index is 13.2. The molecule has 7 nitrogen and oxygen atoms in total. The molecule has 2 aromatic heterocycles. The summed E-state index contributed by atoms with van der Waals surface area (Å²) < 4.78 is 26.3. The molecule has 0 aliphatic heterocycles. The summed E-state index contributed by atoms with van der Waals surface area (Å²) in [5.74, 6) is 0.712. The lowest BCUT2D eigenvalue weighted by molar-refractivity contribution is 0.0991. The number of anilines is 1. The number of amides is 1. The van der Waals surface area contributed by atoms with Crippen LogP contribution in [0.1, 0.15) is 52.8 Å². The Hall–Kier alpha value is -3.36. The number of benzene rings is 2. The van der Waals surface area contributed by atoms with Crippen LogP contribution in [-0.4, -0.2) is 20.7 Å². The van der Waals surface area contributed by atoms with Crippen molar-refractivity contribution in [1.29, 1.82) is 0 Å². The smallest absolute Gasteiger partial charge is 0.293 e. The van der Waals surface area contributed by atoms with E-state index in [1.54, 1.807) is 18.2 Å². The molecule has 2 aromatic carbocycles. The molecule has 0 spiro atoms. The fraction of sp³-hybridized carbons (Fsp3) is 0.240. The Morgan fingerprint density at radius 1 is 1.17 bits per heavy atom. The van der Waals surface area contributed by atoms with Crippen LogP contribution in [0.3, 0.4) is 0 Å². The van der Waals surface area contributed by atoms with Crippen molar-refractivity contribution in [3.8, 4) is 5.75 Å². The van der Waals surface area contributed by atoms with Crippen LogP contribution in [0.2, 0.25) is 10.0 Å². The second-order valence-electron chi connectivity index (χ2n) is 8.30. The first-order chi connectivity index (χ1) is 16.7. The molecule has 0 saturated carbocycles. The van der Waals surface area contributed by atoms with Crippen LogP contribution in [0.5, 0.6) is 5.75 Å². The molecule has 0 fully saturated rings. The molecule has 10 heteroatoms. The molecule has 0 aliphatic rings. The molecule has 1 N–H and O–H groups in total. The van der Waals surface area contributed by atoms with Crippen molar-refractivity contribution in [2.24, 2.45) is 0 Å². The van der Waals surface area contributed by atoms with Crippen LogP contribution in [0.4, 0.5) is 10.3 Å². The third-order valence-electron chi connectivity index (χ3n) is 5.28. The van der Waals surface area contributed by atoms with Crippen molar-refractivity contribution >= 4 is 35.1 Å². The number of carbonyl (C=O) groups is 1. The predicted octanol–water partition coefficient (Wildman–Crippen LogP) is 6.63. The number of nitrogens with zero attached hydrogens (tertiary/aromatic N) is 3. The minimum Gasteiger partial charge on any atom is -0.485 e. The van der Waals surface area contributed by atoms with Crippen molar-refractivity contribution in [3.05, 3.63) is 92.9 Å². The number of carbonyl (C=O) groups excluding carboxylic acids is 1. The van der Waals surface area contributed by atoms with Crippen LogP contribution < -0.4 is 10.1 Å². The van der Waals surface area contributed by atoms with Crippen LogP contribution >= 0.6 is 23.2 Å². The number of nitrogens with one attached hydrogen (secondary N) is 1. The number of ether oxygens (including phenoxy) is 1. The molecule has 0 saturated heterocycles. The highest BCUT2D eigenvalue weighted by Crippen LogP contribution is 2.32. The lowest BCUT2D eigenvalue weighted by Crippen LogP contribution is -2.12. The van der Waals surface area contributed by atoms with Gasteiger partial charge in [-0.1, -0.05) is 43.1 Å². The Labute approximate surface area is 211 Å². The standard InChI is InChI=1S/C25H23Cl2FN4O3/c1-14(2)19-10-20(26)15(3)8-23(19)34-12-18-6-7-22(35-18)24(33)30-25-29-13-32(31-25)11-16-4-5-17(28)9-21(16)27/h4-10,13-14H,11-12H2,1-3H3,(H,30,31,33). The Bertz CT molecular complexity index is 1370. The monoisotopic (exact) mass is 516 g/mol. The van der Waals surface area contributed by atoms with Gasteiger partial charge in [0.1, 0.15) is 30.3 Å². The van der Waals surface area contributed by atoms with Gasteiger partial charge in [0.15, 0.2) is 5.76 Å². The Morgan fingerprint density at radius 3 is 2.71 bits per heavy atom. The molecule has 0 radical (unpaired) electrons. The topological polar surface area (TPSA) is 82.2 Å².